The Hall–Kier alpha value is -4.07. The number of alkyl halides is 3. The summed E-state index contributed by atoms with van der Waals surface area (Å²) in [7, 11) is 0. The minimum absolute atomic E-state index is 0.196. The van der Waals surface area contributed by atoms with Crippen LogP contribution in [-0.2, 0) is 0 Å². The summed E-state index contributed by atoms with van der Waals surface area (Å²) in [5, 5.41) is 16.9. The molecule has 0 atom stereocenters. The zero-order valence-corrected chi connectivity index (χ0v) is 15.8. The molecule has 0 N–H and O–H groups in total. The van der Waals surface area contributed by atoms with Crippen molar-refractivity contribution in [3.8, 4) is 33.9 Å². The third-order valence-electron chi connectivity index (χ3n) is 4.92. The van der Waals surface area contributed by atoms with E-state index in [1.807, 2.05) is 60.7 Å². The first-order valence-corrected chi connectivity index (χ1v) is 9.27. The number of hydrogen-bond acceptors (Lipinski definition) is 4. The number of pyridine rings is 1. The van der Waals surface area contributed by atoms with Gasteiger partial charge >= 0.3 is 6.36 Å². The summed E-state index contributed by atoms with van der Waals surface area (Å²) in [6.07, 6.45) is -4.84. The maximum atomic E-state index is 12.9. The zero-order chi connectivity index (χ0) is 21.6. The molecule has 8 heteroatoms. The van der Waals surface area contributed by atoms with Crippen molar-refractivity contribution in [2.45, 2.75) is 6.36 Å². The predicted octanol–water partition coefficient (Wildman–Crippen LogP) is 4.87. The topological polar surface area (TPSA) is 62.4 Å². The van der Waals surface area contributed by atoms with Gasteiger partial charge in [0.2, 0.25) is 5.52 Å². The number of nitrogens with zero attached hydrogens (tertiary/aromatic N) is 2. The fourth-order valence-corrected chi connectivity index (χ4v) is 3.76. The minimum atomic E-state index is -4.84. The van der Waals surface area contributed by atoms with Crippen LogP contribution in [0.25, 0.3) is 38.7 Å². The van der Waals surface area contributed by atoms with Gasteiger partial charge in [-0.25, -0.2) is 0 Å². The summed E-state index contributed by atoms with van der Waals surface area (Å²) in [5.74, 6) is -1.02. The van der Waals surface area contributed by atoms with E-state index in [2.05, 4.69) is 10.0 Å². The van der Waals surface area contributed by atoms with E-state index in [1.54, 1.807) is 0 Å². The lowest BCUT2D eigenvalue weighted by molar-refractivity contribution is -0.567. The normalized spacial score (nSPS) is 11.8. The molecule has 0 amide bonds. The number of benzene rings is 3. The van der Waals surface area contributed by atoms with Crippen molar-refractivity contribution < 1.29 is 32.1 Å². The smallest absolute Gasteiger partial charge is 0.539 e. The number of aromatic nitrogens is 2. The Balaban J connectivity index is 1.97. The summed E-state index contributed by atoms with van der Waals surface area (Å²) < 4.78 is 49.0. The Morgan fingerprint density at radius 1 is 0.839 bits per heavy atom. The molecule has 3 aromatic carbocycles. The lowest BCUT2D eigenvalue weighted by Crippen LogP contribution is -2.26. The van der Waals surface area contributed by atoms with Gasteiger partial charge in [0.25, 0.3) is 5.52 Å². The van der Waals surface area contributed by atoms with Crippen LogP contribution in [0.15, 0.2) is 83.4 Å². The van der Waals surface area contributed by atoms with Crippen molar-refractivity contribution in [1.82, 2.24) is 5.27 Å². The number of rotatable bonds is 3. The van der Waals surface area contributed by atoms with Crippen molar-refractivity contribution in [2.75, 3.05) is 0 Å². The molecule has 0 unspecified atom stereocenters. The lowest BCUT2D eigenvalue weighted by atomic mass is 9.91. The van der Waals surface area contributed by atoms with E-state index in [1.165, 1.54) is 22.7 Å². The molecule has 0 aliphatic rings. The molecule has 0 radical (unpaired) electrons. The average Bonchev–Trinajstić information content (AvgIpc) is 3.14. The highest BCUT2D eigenvalue weighted by Crippen LogP contribution is 2.42. The van der Waals surface area contributed by atoms with Gasteiger partial charge in [0.05, 0.1) is 16.2 Å². The van der Waals surface area contributed by atoms with Crippen molar-refractivity contribution >= 4 is 16.4 Å². The summed E-state index contributed by atoms with van der Waals surface area (Å²) in [5.41, 5.74) is 3.11. The second-order valence-corrected chi connectivity index (χ2v) is 6.83. The zero-order valence-electron chi connectivity index (χ0n) is 15.8. The predicted molar refractivity (Wildman–Crippen MR) is 104 cm³/mol. The van der Waals surface area contributed by atoms with Crippen LogP contribution in [0.1, 0.15) is 0 Å². The van der Waals surface area contributed by atoms with Crippen LogP contribution in [0.4, 0.5) is 13.2 Å². The summed E-state index contributed by atoms with van der Waals surface area (Å²) in [6.45, 7) is 0. The van der Waals surface area contributed by atoms with E-state index >= 15 is 0 Å². The van der Waals surface area contributed by atoms with Gasteiger partial charge in [0.15, 0.2) is 5.95 Å². The summed E-state index contributed by atoms with van der Waals surface area (Å²) in [4.78, 5) is 0. The molecule has 2 heterocycles. The van der Waals surface area contributed by atoms with Crippen molar-refractivity contribution in [1.29, 1.82) is 0 Å². The van der Waals surface area contributed by atoms with Gasteiger partial charge in [-0.2, -0.15) is 0 Å². The van der Waals surface area contributed by atoms with E-state index in [-0.39, 0.29) is 11.3 Å². The molecule has 5 aromatic rings. The van der Waals surface area contributed by atoms with Gasteiger partial charge in [0, 0.05) is 11.6 Å². The molecular formula is C23H13F3N2O3. The fourth-order valence-electron chi connectivity index (χ4n) is 3.76. The number of fused-ring (bicyclic) bond motifs is 3. The Labute approximate surface area is 173 Å². The van der Waals surface area contributed by atoms with E-state index in [0.29, 0.717) is 27.6 Å². The van der Waals surface area contributed by atoms with Crippen LogP contribution >= 0.6 is 0 Å². The monoisotopic (exact) mass is 422 g/mol. The molecule has 5 rings (SSSR count). The number of hydrogen-bond donors (Lipinski definition) is 0. The van der Waals surface area contributed by atoms with Gasteiger partial charge in [0.1, 0.15) is 5.75 Å². The fraction of sp³-hybridized carbons (Fsp3) is 0.0435. The Bertz CT molecular complexity index is 1400. The van der Waals surface area contributed by atoms with Crippen molar-refractivity contribution in [2.24, 2.45) is 0 Å². The van der Waals surface area contributed by atoms with E-state index in [0.717, 1.165) is 5.56 Å². The Kier molecular flexibility index (Phi) is 4.28. The third-order valence-corrected chi connectivity index (χ3v) is 4.92. The standard InChI is InChI=1S/C23H13F3N2O3/c24-23(25,26)30-16-11-12-18-17(13-16)19(14-7-3-1-4-8-14)20(15-9-5-2-6-10-15)21-22(29)31-27-28(18)21/h1-13H. The van der Waals surface area contributed by atoms with Gasteiger partial charge in [-0.05, 0) is 27.8 Å². The largest absolute Gasteiger partial charge is 0.573 e. The van der Waals surface area contributed by atoms with Crippen molar-refractivity contribution in [3.63, 3.8) is 0 Å². The number of halogens is 3. The first-order valence-electron chi connectivity index (χ1n) is 9.27. The molecule has 0 fully saturated rings. The molecular weight excluding hydrogens is 409 g/mol. The summed E-state index contributed by atoms with van der Waals surface area (Å²) >= 11 is 0. The van der Waals surface area contributed by atoms with Crippen LogP contribution in [0.5, 0.6) is 11.7 Å². The molecule has 0 saturated carbocycles. The Morgan fingerprint density at radius 2 is 1.45 bits per heavy atom. The van der Waals surface area contributed by atoms with Crippen LogP contribution < -0.4 is 14.4 Å². The molecule has 0 bridgehead atoms. The minimum Gasteiger partial charge on any atom is -0.539 e. The van der Waals surface area contributed by atoms with E-state index < -0.39 is 12.3 Å². The maximum absolute atomic E-state index is 12.9. The first kappa shape index (κ1) is 18.9. The van der Waals surface area contributed by atoms with Crippen LogP contribution in [-0.4, -0.2) is 11.6 Å². The van der Waals surface area contributed by atoms with Gasteiger partial charge < -0.3 is 14.4 Å². The molecule has 0 saturated heterocycles. The third kappa shape index (κ3) is 3.31. The Morgan fingerprint density at radius 3 is 2.06 bits per heavy atom. The molecule has 0 aliphatic heterocycles. The first-order chi connectivity index (χ1) is 14.9. The lowest BCUT2D eigenvalue weighted by Gasteiger charge is -2.14. The molecule has 31 heavy (non-hydrogen) atoms. The highest BCUT2D eigenvalue weighted by atomic mass is 19.4. The van der Waals surface area contributed by atoms with Gasteiger partial charge in [-0.1, -0.05) is 60.7 Å². The molecule has 0 spiro atoms. The van der Waals surface area contributed by atoms with Crippen LogP contribution in [0.2, 0.25) is 0 Å². The molecule has 154 valence electrons. The van der Waals surface area contributed by atoms with Gasteiger partial charge in [-0.15, -0.1) is 13.2 Å². The summed E-state index contributed by atoms with van der Waals surface area (Å²) in [6, 6.07) is 22.1. The number of ether oxygens (including phenoxy) is 1. The van der Waals surface area contributed by atoms with Crippen LogP contribution in [0, 0.1) is 0 Å². The highest BCUT2D eigenvalue weighted by Gasteiger charge is 2.32. The second kappa shape index (κ2) is 7.02. The molecule has 5 nitrogen and oxygen atoms in total. The van der Waals surface area contributed by atoms with E-state index in [9.17, 15) is 18.3 Å². The molecule has 2 aromatic heterocycles. The van der Waals surface area contributed by atoms with Gasteiger partial charge in [-0.3, -0.25) is 0 Å². The highest BCUT2D eigenvalue weighted by molar-refractivity contribution is 6.06. The quantitative estimate of drug-likeness (QED) is 0.389. The maximum Gasteiger partial charge on any atom is 0.573 e. The van der Waals surface area contributed by atoms with E-state index in [4.69, 9.17) is 4.52 Å². The van der Waals surface area contributed by atoms with Crippen LogP contribution in [0.3, 0.4) is 0 Å². The molecule has 0 aliphatic carbocycles. The SMILES string of the molecule is [O-]c1on[n+]2c1c(-c1ccccc1)c(-c1ccccc1)c1cc(OC(F)(F)F)ccc12. The second-order valence-electron chi connectivity index (χ2n) is 6.83. The average molecular weight is 422 g/mol. The van der Waals surface area contributed by atoms with Crippen molar-refractivity contribution in [3.05, 3.63) is 78.9 Å².